The van der Waals surface area contributed by atoms with Crippen LogP contribution in [0.5, 0.6) is 0 Å². The van der Waals surface area contributed by atoms with Gasteiger partial charge in [0.1, 0.15) is 0 Å². The van der Waals surface area contributed by atoms with Gasteiger partial charge in [-0.1, -0.05) is 44.2 Å². The standard InChI is InChI=1S/C10H17P/c1-5-6-10(11)7-9(4)8(2)3/h5-8H,1,11H2,2-4H3/b9-7+,10-6+. The van der Waals surface area contributed by atoms with Crippen LogP contribution in [0.2, 0.25) is 0 Å². The van der Waals surface area contributed by atoms with Crippen molar-refractivity contribution < 1.29 is 0 Å². The predicted octanol–water partition coefficient (Wildman–Crippen LogP) is 3.53. The highest BCUT2D eigenvalue weighted by Gasteiger charge is 1.94. The maximum absolute atomic E-state index is 3.63. The van der Waals surface area contributed by atoms with E-state index in [0.29, 0.717) is 5.92 Å². The molecule has 0 radical (unpaired) electrons. The van der Waals surface area contributed by atoms with Gasteiger partial charge in [0.05, 0.1) is 0 Å². The summed E-state index contributed by atoms with van der Waals surface area (Å²) in [6.45, 7) is 10.2. The average molecular weight is 168 g/mol. The van der Waals surface area contributed by atoms with Crippen molar-refractivity contribution in [3.05, 3.63) is 35.7 Å². The molecule has 0 fully saturated rings. The summed E-state index contributed by atoms with van der Waals surface area (Å²) in [6.07, 6.45) is 5.94. The van der Waals surface area contributed by atoms with Gasteiger partial charge in [-0.05, 0) is 18.2 Å². The maximum atomic E-state index is 3.63. The fourth-order valence-corrected chi connectivity index (χ4v) is 1.01. The Bertz CT molecular complexity index is 185. The van der Waals surface area contributed by atoms with Gasteiger partial charge in [-0.15, -0.1) is 9.24 Å². The normalized spacial score (nSPS) is 13.9. The van der Waals surface area contributed by atoms with Crippen molar-refractivity contribution >= 4 is 9.24 Å². The molecule has 1 heteroatoms. The highest BCUT2D eigenvalue weighted by atomic mass is 31.0. The molecule has 0 heterocycles. The quantitative estimate of drug-likeness (QED) is 0.446. The van der Waals surface area contributed by atoms with Gasteiger partial charge in [0.2, 0.25) is 0 Å². The van der Waals surface area contributed by atoms with Gasteiger partial charge < -0.3 is 0 Å². The third kappa shape index (κ3) is 4.98. The van der Waals surface area contributed by atoms with Crippen LogP contribution < -0.4 is 0 Å². The van der Waals surface area contributed by atoms with E-state index in [0.717, 1.165) is 0 Å². The monoisotopic (exact) mass is 168 g/mol. The Morgan fingerprint density at radius 2 is 2.00 bits per heavy atom. The summed E-state index contributed by atoms with van der Waals surface area (Å²) in [5, 5.41) is 1.19. The molecule has 0 aromatic rings. The van der Waals surface area contributed by atoms with Crippen LogP contribution in [0.15, 0.2) is 35.7 Å². The molecule has 11 heavy (non-hydrogen) atoms. The van der Waals surface area contributed by atoms with E-state index in [1.54, 1.807) is 6.08 Å². The molecule has 0 aliphatic rings. The minimum Gasteiger partial charge on any atom is -0.106 e. The molecule has 0 aliphatic carbocycles. The van der Waals surface area contributed by atoms with E-state index in [-0.39, 0.29) is 0 Å². The Morgan fingerprint density at radius 3 is 2.36 bits per heavy atom. The highest BCUT2D eigenvalue weighted by molar-refractivity contribution is 7.22. The van der Waals surface area contributed by atoms with Crippen molar-refractivity contribution in [1.82, 2.24) is 0 Å². The second-order valence-corrected chi connectivity index (χ2v) is 3.61. The fourth-order valence-electron chi connectivity index (χ4n) is 0.614. The third-order valence-corrected chi connectivity index (χ3v) is 1.97. The van der Waals surface area contributed by atoms with Crippen LogP contribution >= 0.6 is 9.24 Å². The van der Waals surface area contributed by atoms with Gasteiger partial charge in [-0.3, -0.25) is 0 Å². The number of rotatable bonds is 3. The van der Waals surface area contributed by atoms with Crippen LogP contribution in [0.25, 0.3) is 0 Å². The molecule has 0 nitrogen and oxygen atoms in total. The van der Waals surface area contributed by atoms with Crippen molar-refractivity contribution in [2.24, 2.45) is 5.92 Å². The number of hydrogen-bond acceptors (Lipinski definition) is 0. The van der Waals surface area contributed by atoms with Gasteiger partial charge in [-0.25, -0.2) is 0 Å². The first-order valence-electron chi connectivity index (χ1n) is 3.84. The summed E-state index contributed by atoms with van der Waals surface area (Å²) in [5.74, 6) is 0.628. The lowest BCUT2D eigenvalue weighted by atomic mass is 10.1. The number of hydrogen-bond donors (Lipinski definition) is 0. The van der Waals surface area contributed by atoms with E-state index < -0.39 is 0 Å². The SMILES string of the molecule is C=C/C=C(P)\C=C(/C)C(C)C. The average Bonchev–Trinajstić information content (AvgIpc) is 1.87. The zero-order valence-corrected chi connectivity index (χ0v) is 8.75. The zero-order chi connectivity index (χ0) is 8.85. The molecule has 62 valence electrons. The Morgan fingerprint density at radius 1 is 1.45 bits per heavy atom. The maximum Gasteiger partial charge on any atom is -0.0260 e. The number of allylic oxidation sites excluding steroid dienone is 5. The van der Waals surface area contributed by atoms with Crippen LogP contribution in [0.1, 0.15) is 20.8 Å². The van der Waals surface area contributed by atoms with Gasteiger partial charge in [0.25, 0.3) is 0 Å². The largest absolute Gasteiger partial charge is 0.106 e. The molecule has 0 aromatic carbocycles. The van der Waals surface area contributed by atoms with E-state index in [1.165, 1.54) is 10.9 Å². The molecule has 0 saturated heterocycles. The second kappa shape index (κ2) is 5.32. The molecule has 0 aliphatic heterocycles. The summed E-state index contributed by atoms with van der Waals surface area (Å²) in [5.41, 5.74) is 1.40. The van der Waals surface area contributed by atoms with E-state index >= 15 is 0 Å². The van der Waals surface area contributed by atoms with Crippen LogP contribution in [-0.2, 0) is 0 Å². The third-order valence-electron chi connectivity index (χ3n) is 1.62. The Balaban J connectivity index is 4.30. The van der Waals surface area contributed by atoms with Gasteiger partial charge >= 0.3 is 0 Å². The van der Waals surface area contributed by atoms with Crippen molar-refractivity contribution in [2.75, 3.05) is 0 Å². The van der Waals surface area contributed by atoms with Gasteiger partial charge in [-0.2, -0.15) is 0 Å². The van der Waals surface area contributed by atoms with Crippen molar-refractivity contribution in [1.29, 1.82) is 0 Å². The summed E-state index contributed by atoms with van der Waals surface area (Å²) in [6, 6.07) is 0. The lowest BCUT2D eigenvalue weighted by Gasteiger charge is -2.03. The van der Waals surface area contributed by atoms with Crippen LogP contribution in [0, 0.1) is 5.92 Å². The molecule has 0 saturated carbocycles. The molecular formula is C10H17P. The molecule has 1 atom stereocenters. The van der Waals surface area contributed by atoms with E-state index in [1.807, 2.05) is 6.08 Å². The fraction of sp³-hybridized carbons (Fsp3) is 0.400. The smallest absolute Gasteiger partial charge is 0.0260 e. The van der Waals surface area contributed by atoms with E-state index in [2.05, 4.69) is 42.7 Å². The Labute approximate surface area is 72.3 Å². The molecule has 0 bridgehead atoms. The first-order chi connectivity index (χ1) is 5.07. The van der Waals surface area contributed by atoms with Crippen LogP contribution in [0.3, 0.4) is 0 Å². The van der Waals surface area contributed by atoms with Crippen LogP contribution in [0.4, 0.5) is 0 Å². The van der Waals surface area contributed by atoms with E-state index in [4.69, 9.17) is 0 Å². The molecule has 0 amide bonds. The molecule has 1 unspecified atom stereocenters. The van der Waals surface area contributed by atoms with E-state index in [9.17, 15) is 0 Å². The zero-order valence-electron chi connectivity index (χ0n) is 7.59. The second-order valence-electron chi connectivity index (χ2n) is 2.95. The minimum absolute atomic E-state index is 0.628. The first kappa shape index (κ1) is 10.7. The summed E-state index contributed by atoms with van der Waals surface area (Å²) < 4.78 is 0. The van der Waals surface area contributed by atoms with Crippen LogP contribution in [-0.4, -0.2) is 0 Å². The molecule has 0 spiro atoms. The Kier molecular flexibility index (Phi) is 5.15. The van der Waals surface area contributed by atoms with Crippen molar-refractivity contribution in [2.45, 2.75) is 20.8 Å². The Hall–Kier alpha value is -0.350. The predicted molar refractivity (Wildman–Crippen MR) is 56.6 cm³/mol. The van der Waals surface area contributed by atoms with Crippen molar-refractivity contribution in [3.8, 4) is 0 Å². The molecule has 0 N–H and O–H groups in total. The lowest BCUT2D eigenvalue weighted by Crippen LogP contribution is -1.87. The summed E-state index contributed by atoms with van der Waals surface area (Å²) in [4.78, 5) is 0. The van der Waals surface area contributed by atoms with Gasteiger partial charge in [0.15, 0.2) is 0 Å². The molecule has 0 aromatic heterocycles. The van der Waals surface area contributed by atoms with Crippen molar-refractivity contribution in [3.63, 3.8) is 0 Å². The summed E-state index contributed by atoms with van der Waals surface area (Å²) in [7, 11) is 2.68. The molecular weight excluding hydrogens is 151 g/mol. The van der Waals surface area contributed by atoms with Gasteiger partial charge in [0, 0.05) is 0 Å². The minimum atomic E-state index is 0.628. The highest BCUT2D eigenvalue weighted by Crippen LogP contribution is 2.15. The summed E-state index contributed by atoms with van der Waals surface area (Å²) >= 11 is 0. The topological polar surface area (TPSA) is 0 Å². The lowest BCUT2D eigenvalue weighted by molar-refractivity contribution is 0.769. The first-order valence-corrected chi connectivity index (χ1v) is 4.42. The molecule has 0 rings (SSSR count).